The van der Waals surface area contributed by atoms with Gasteiger partial charge in [0.15, 0.2) is 0 Å². The second-order valence-corrected chi connectivity index (χ2v) is 7.97. The van der Waals surface area contributed by atoms with Gasteiger partial charge in [0.25, 0.3) is 0 Å². The Hall–Kier alpha value is -2.47. The summed E-state index contributed by atoms with van der Waals surface area (Å²) < 4.78 is 28.6. The zero-order chi connectivity index (χ0) is 18.6. The lowest BCUT2D eigenvalue weighted by molar-refractivity contribution is 0.504. The lowest BCUT2D eigenvalue weighted by Gasteiger charge is -2.26. The largest absolute Gasteiger partial charge is 0.322 e. The fourth-order valence-electron chi connectivity index (χ4n) is 2.83. The van der Waals surface area contributed by atoms with E-state index in [-0.39, 0.29) is 4.90 Å². The second kappa shape index (κ2) is 7.83. The molecular formula is C21H22N2O2S. The monoisotopic (exact) mass is 366 g/mol. The van der Waals surface area contributed by atoms with Gasteiger partial charge in [-0.3, -0.25) is 0 Å². The Kier molecular flexibility index (Phi) is 5.52. The predicted molar refractivity (Wildman–Crippen MR) is 104 cm³/mol. The molecule has 4 nitrogen and oxygen atoms in total. The highest BCUT2D eigenvalue weighted by atomic mass is 32.2. The maximum Gasteiger partial charge on any atom is 0.241 e. The molecule has 3 rings (SSSR count). The van der Waals surface area contributed by atoms with Crippen LogP contribution >= 0.6 is 0 Å². The standard InChI is InChI=1S/C21H22N2O2S/c1-16-12-14-19(15-13-16)26(24,25)23-21(18-10-6-3-7-11-18)20(22)17-8-4-2-5-9-17/h2-15,20-21,23H,22H2,1H3. The van der Waals surface area contributed by atoms with Crippen molar-refractivity contribution in [3.05, 3.63) is 102 Å². The van der Waals surface area contributed by atoms with Crippen LogP contribution < -0.4 is 10.5 Å². The van der Waals surface area contributed by atoms with E-state index in [1.165, 1.54) is 0 Å². The molecular weight excluding hydrogens is 344 g/mol. The Morgan fingerprint density at radius 3 is 1.81 bits per heavy atom. The first-order chi connectivity index (χ1) is 12.5. The van der Waals surface area contributed by atoms with E-state index in [0.717, 1.165) is 16.7 Å². The van der Waals surface area contributed by atoms with Gasteiger partial charge in [0.05, 0.1) is 17.0 Å². The summed E-state index contributed by atoms with van der Waals surface area (Å²) in [6.45, 7) is 1.92. The molecule has 0 radical (unpaired) electrons. The molecule has 3 aromatic carbocycles. The van der Waals surface area contributed by atoms with Gasteiger partial charge < -0.3 is 5.73 Å². The Labute approximate surface area is 154 Å². The molecule has 26 heavy (non-hydrogen) atoms. The van der Waals surface area contributed by atoms with Gasteiger partial charge in [-0.15, -0.1) is 0 Å². The van der Waals surface area contributed by atoms with Crippen LogP contribution in [0.2, 0.25) is 0 Å². The third kappa shape index (κ3) is 4.19. The molecule has 3 aromatic rings. The Balaban J connectivity index is 1.97. The van der Waals surface area contributed by atoms with Gasteiger partial charge in [-0.05, 0) is 30.2 Å². The average molecular weight is 366 g/mol. The van der Waals surface area contributed by atoms with E-state index in [2.05, 4.69) is 4.72 Å². The van der Waals surface area contributed by atoms with Crippen molar-refractivity contribution in [2.45, 2.75) is 23.9 Å². The quantitative estimate of drug-likeness (QED) is 0.698. The molecule has 0 heterocycles. The van der Waals surface area contributed by atoms with Crippen molar-refractivity contribution in [1.29, 1.82) is 0 Å². The van der Waals surface area contributed by atoms with Crippen LogP contribution in [0.15, 0.2) is 89.8 Å². The van der Waals surface area contributed by atoms with Crippen LogP contribution in [-0.4, -0.2) is 8.42 Å². The predicted octanol–water partition coefficient (Wildman–Crippen LogP) is 3.71. The topological polar surface area (TPSA) is 72.2 Å². The average Bonchev–Trinajstić information content (AvgIpc) is 2.67. The molecule has 0 aliphatic carbocycles. The maximum absolute atomic E-state index is 12.9. The minimum absolute atomic E-state index is 0.226. The Morgan fingerprint density at radius 1 is 0.769 bits per heavy atom. The summed E-state index contributed by atoms with van der Waals surface area (Å²) in [5, 5.41) is 0. The molecule has 3 N–H and O–H groups in total. The van der Waals surface area contributed by atoms with Gasteiger partial charge in [-0.25, -0.2) is 13.1 Å². The molecule has 0 bridgehead atoms. The van der Waals surface area contributed by atoms with Gasteiger partial charge in [-0.1, -0.05) is 78.4 Å². The normalized spacial score (nSPS) is 13.9. The number of benzene rings is 3. The molecule has 0 spiro atoms. The molecule has 0 amide bonds. The zero-order valence-electron chi connectivity index (χ0n) is 14.5. The summed E-state index contributed by atoms with van der Waals surface area (Å²) in [6, 6.07) is 24.6. The van der Waals surface area contributed by atoms with E-state index in [0.29, 0.717) is 0 Å². The van der Waals surface area contributed by atoms with Crippen molar-refractivity contribution in [2.75, 3.05) is 0 Å². The van der Waals surface area contributed by atoms with Gasteiger partial charge in [0.2, 0.25) is 10.0 Å². The number of hydrogen-bond donors (Lipinski definition) is 2. The fourth-order valence-corrected chi connectivity index (χ4v) is 4.08. The molecule has 0 fully saturated rings. The summed E-state index contributed by atoms with van der Waals surface area (Å²) in [4.78, 5) is 0.226. The van der Waals surface area contributed by atoms with Crippen LogP contribution in [0.25, 0.3) is 0 Å². The zero-order valence-corrected chi connectivity index (χ0v) is 15.4. The number of rotatable bonds is 6. The van der Waals surface area contributed by atoms with Crippen LogP contribution in [0.4, 0.5) is 0 Å². The number of aryl methyl sites for hydroxylation is 1. The summed E-state index contributed by atoms with van der Waals surface area (Å²) >= 11 is 0. The van der Waals surface area contributed by atoms with Gasteiger partial charge >= 0.3 is 0 Å². The molecule has 0 aliphatic rings. The van der Waals surface area contributed by atoms with Crippen molar-refractivity contribution < 1.29 is 8.42 Å². The Morgan fingerprint density at radius 2 is 1.27 bits per heavy atom. The smallest absolute Gasteiger partial charge is 0.241 e. The van der Waals surface area contributed by atoms with Crippen LogP contribution in [0.1, 0.15) is 28.8 Å². The van der Waals surface area contributed by atoms with E-state index in [4.69, 9.17) is 5.73 Å². The number of nitrogens with two attached hydrogens (primary N) is 1. The van der Waals surface area contributed by atoms with Crippen LogP contribution in [0.5, 0.6) is 0 Å². The number of hydrogen-bond acceptors (Lipinski definition) is 3. The number of nitrogens with one attached hydrogen (secondary N) is 1. The van der Waals surface area contributed by atoms with E-state index < -0.39 is 22.1 Å². The lowest BCUT2D eigenvalue weighted by Crippen LogP contribution is -2.36. The van der Waals surface area contributed by atoms with E-state index in [1.807, 2.05) is 67.6 Å². The highest BCUT2D eigenvalue weighted by Crippen LogP contribution is 2.28. The minimum Gasteiger partial charge on any atom is -0.322 e. The van der Waals surface area contributed by atoms with Gasteiger partial charge in [0, 0.05) is 0 Å². The Bertz CT molecular complexity index is 940. The van der Waals surface area contributed by atoms with Crippen molar-refractivity contribution >= 4 is 10.0 Å². The second-order valence-electron chi connectivity index (χ2n) is 6.26. The summed E-state index contributed by atoms with van der Waals surface area (Å²) in [7, 11) is -3.71. The van der Waals surface area contributed by atoms with Gasteiger partial charge in [0.1, 0.15) is 0 Å². The summed E-state index contributed by atoms with van der Waals surface area (Å²) in [5.74, 6) is 0. The molecule has 134 valence electrons. The molecule has 2 unspecified atom stereocenters. The molecule has 0 aromatic heterocycles. The first-order valence-electron chi connectivity index (χ1n) is 8.42. The van der Waals surface area contributed by atoms with Gasteiger partial charge in [-0.2, -0.15) is 0 Å². The van der Waals surface area contributed by atoms with Crippen LogP contribution in [-0.2, 0) is 10.0 Å². The van der Waals surface area contributed by atoms with Crippen LogP contribution in [0, 0.1) is 6.92 Å². The van der Waals surface area contributed by atoms with E-state index >= 15 is 0 Å². The first kappa shape index (κ1) is 18.3. The van der Waals surface area contributed by atoms with Crippen molar-refractivity contribution in [2.24, 2.45) is 5.73 Å². The van der Waals surface area contributed by atoms with Crippen molar-refractivity contribution in [3.8, 4) is 0 Å². The molecule has 0 saturated carbocycles. The molecule has 0 aliphatic heterocycles. The highest BCUT2D eigenvalue weighted by Gasteiger charge is 2.27. The van der Waals surface area contributed by atoms with E-state index in [1.54, 1.807) is 24.3 Å². The first-order valence-corrected chi connectivity index (χ1v) is 9.90. The van der Waals surface area contributed by atoms with Crippen LogP contribution in [0.3, 0.4) is 0 Å². The lowest BCUT2D eigenvalue weighted by atomic mass is 9.95. The SMILES string of the molecule is Cc1ccc(S(=O)(=O)NC(c2ccccc2)C(N)c2ccccc2)cc1. The summed E-state index contributed by atoms with van der Waals surface area (Å²) in [6.07, 6.45) is 0. The molecule has 2 atom stereocenters. The number of sulfonamides is 1. The maximum atomic E-state index is 12.9. The van der Waals surface area contributed by atoms with Crippen molar-refractivity contribution in [3.63, 3.8) is 0 Å². The molecule has 0 saturated heterocycles. The summed E-state index contributed by atoms with van der Waals surface area (Å²) in [5.41, 5.74) is 9.15. The van der Waals surface area contributed by atoms with Crippen molar-refractivity contribution in [1.82, 2.24) is 4.72 Å². The highest BCUT2D eigenvalue weighted by molar-refractivity contribution is 7.89. The fraction of sp³-hybridized carbons (Fsp3) is 0.143. The third-order valence-corrected chi connectivity index (χ3v) is 5.77. The van der Waals surface area contributed by atoms with E-state index in [9.17, 15) is 8.42 Å². The molecule has 5 heteroatoms. The third-order valence-electron chi connectivity index (χ3n) is 4.32. The minimum atomic E-state index is -3.71.